The first-order chi connectivity index (χ1) is 11.7. The Morgan fingerprint density at radius 1 is 1.21 bits per heavy atom. The summed E-state index contributed by atoms with van der Waals surface area (Å²) in [7, 11) is 0. The lowest BCUT2D eigenvalue weighted by Crippen LogP contribution is -2.23. The molecule has 4 aromatic heterocycles. The number of hydrogen-bond acceptors (Lipinski definition) is 6. The van der Waals surface area contributed by atoms with E-state index in [0.717, 1.165) is 15.9 Å². The van der Waals surface area contributed by atoms with E-state index in [4.69, 9.17) is 0 Å². The van der Waals surface area contributed by atoms with Crippen molar-refractivity contribution in [3.8, 4) is 10.8 Å². The third-order valence-corrected chi connectivity index (χ3v) is 4.33. The summed E-state index contributed by atoms with van der Waals surface area (Å²) in [5, 5.41) is 3.54. The molecule has 0 radical (unpaired) electrons. The molecule has 118 valence electrons. The van der Waals surface area contributed by atoms with Gasteiger partial charge in [-0.2, -0.15) is 0 Å². The summed E-state index contributed by atoms with van der Waals surface area (Å²) in [6, 6.07) is 3.72. The van der Waals surface area contributed by atoms with Gasteiger partial charge in [-0.05, 0) is 19.1 Å². The molecule has 0 bridgehead atoms. The van der Waals surface area contributed by atoms with Gasteiger partial charge in [0.05, 0.1) is 16.8 Å². The number of amides is 1. The highest BCUT2D eigenvalue weighted by atomic mass is 32.1. The third-order valence-electron chi connectivity index (χ3n) is 3.56. The zero-order valence-electron chi connectivity index (χ0n) is 12.7. The maximum atomic E-state index is 12.5. The average molecular weight is 336 g/mol. The monoisotopic (exact) mass is 336 g/mol. The second kappa shape index (κ2) is 5.82. The van der Waals surface area contributed by atoms with Crippen LogP contribution in [0.5, 0.6) is 0 Å². The van der Waals surface area contributed by atoms with Gasteiger partial charge < -0.3 is 0 Å². The molecule has 8 heteroatoms. The maximum absolute atomic E-state index is 12.5. The van der Waals surface area contributed by atoms with Gasteiger partial charge in [-0.1, -0.05) is 0 Å². The fraction of sp³-hybridized carbons (Fsp3) is 0.0625. The van der Waals surface area contributed by atoms with Gasteiger partial charge in [0, 0.05) is 41.8 Å². The van der Waals surface area contributed by atoms with Crippen LogP contribution in [0.15, 0.2) is 48.5 Å². The van der Waals surface area contributed by atoms with Crippen LogP contribution in [-0.4, -0.2) is 30.5 Å². The Hall–Kier alpha value is -3.13. The molecule has 0 aliphatic rings. The van der Waals surface area contributed by atoms with E-state index in [1.807, 2.05) is 17.5 Å². The molecule has 0 fully saturated rings. The first-order valence-corrected chi connectivity index (χ1v) is 8.06. The van der Waals surface area contributed by atoms with Gasteiger partial charge in [-0.15, -0.1) is 11.3 Å². The molecule has 4 aromatic rings. The second-order valence-corrected chi connectivity index (χ2v) is 5.99. The van der Waals surface area contributed by atoms with E-state index in [1.54, 1.807) is 36.4 Å². The number of fused-ring (bicyclic) bond motifs is 1. The van der Waals surface area contributed by atoms with Gasteiger partial charge in [0.15, 0.2) is 10.8 Å². The Balaban J connectivity index is 1.63. The zero-order chi connectivity index (χ0) is 16.5. The topological polar surface area (TPSA) is 85.6 Å². The van der Waals surface area contributed by atoms with Crippen LogP contribution in [0.4, 0.5) is 0 Å². The number of carbonyl (C=O) groups is 1. The van der Waals surface area contributed by atoms with Gasteiger partial charge in [-0.3, -0.25) is 19.9 Å². The van der Waals surface area contributed by atoms with Crippen molar-refractivity contribution in [1.82, 2.24) is 24.6 Å². The minimum Gasteiger partial charge on any atom is -0.267 e. The van der Waals surface area contributed by atoms with E-state index in [0.29, 0.717) is 17.1 Å². The first-order valence-electron chi connectivity index (χ1n) is 7.18. The summed E-state index contributed by atoms with van der Waals surface area (Å²) < 4.78 is 1.66. The van der Waals surface area contributed by atoms with Crippen molar-refractivity contribution >= 4 is 28.1 Å². The fourth-order valence-corrected chi connectivity index (χ4v) is 2.95. The van der Waals surface area contributed by atoms with E-state index in [1.165, 1.54) is 17.5 Å². The third kappa shape index (κ3) is 2.52. The molecule has 4 heterocycles. The number of rotatable bonds is 3. The average Bonchev–Trinajstić information content (AvgIpc) is 3.25. The molecule has 0 aliphatic carbocycles. The van der Waals surface area contributed by atoms with Gasteiger partial charge in [0.25, 0.3) is 5.91 Å². The van der Waals surface area contributed by atoms with Crippen molar-refractivity contribution < 1.29 is 4.79 Å². The Morgan fingerprint density at radius 2 is 2.12 bits per heavy atom. The lowest BCUT2D eigenvalue weighted by Gasteiger charge is -2.09. The van der Waals surface area contributed by atoms with Crippen molar-refractivity contribution in [2.24, 2.45) is 0 Å². The predicted molar refractivity (Wildman–Crippen MR) is 91.3 cm³/mol. The number of hydrogen-bond donors (Lipinski definition) is 1. The molecule has 0 saturated carbocycles. The molecular formula is C16H12N6OS. The van der Waals surface area contributed by atoms with Crippen LogP contribution in [0.25, 0.3) is 21.7 Å². The Kier molecular flexibility index (Phi) is 3.51. The quantitative estimate of drug-likeness (QED) is 0.621. The number of thiazole rings is 1. The number of nitrogens with zero attached hydrogens (tertiary/aromatic N) is 5. The summed E-state index contributed by atoms with van der Waals surface area (Å²) in [5.74, 6) is 0.254. The van der Waals surface area contributed by atoms with Crippen LogP contribution in [0.2, 0.25) is 0 Å². The van der Waals surface area contributed by atoms with Crippen molar-refractivity contribution in [2.45, 2.75) is 6.92 Å². The first kappa shape index (κ1) is 14.5. The highest BCUT2D eigenvalue weighted by Gasteiger charge is 2.14. The van der Waals surface area contributed by atoms with Gasteiger partial charge >= 0.3 is 0 Å². The zero-order valence-corrected chi connectivity index (χ0v) is 13.5. The second-order valence-electron chi connectivity index (χ2n) is 5.09. The summed E-state index contributed by atoms with van der Waals surface area (Å²) in [6.45, 7) is 1.78. The summed E-state index contributed by atoms with van der Waals surface area (Å²) in [6.07, 6.45) is 8.44. The van der Waals surface area contributed by atoms with E-state index >= 15 is 0 Å². The molecule has 0 unspecified atom stereocenters. The van der Waals surface area contributed by atoms with Crippen LogP contribution >= 0.6 is 11.3 Å². The number of aromatic nitrogens is 5. The Morgan fingerprint density at radius 3 is 2.92 bits per heavy atom. The van der Waals surface area contributed by atoms with E-state index in [9.17, 15) is 4.79 Å². The van der Waals surface area contributed by atoms with Gasteiger partial charge in [0.1, 0.15) is 0 Å². The van der Waals surface area contributed by atoms with Crippen molar-refractivity contribution in [3.63, 3.8) is 0 Å². The highest BCUT2D eigenvalue weighted by Crippen LogP contribution is 2.19. The van der Waals surface area contributed by atoms with Gasteiger partial charge in [-0.25, -0.2) is 15.0 Å². The summed E-state index contributed by atoms with van der Waals surface area (Å²) in [4.78, 5) is 29.4. The molecule has 0 atom stereocenters. The maximum Gasteiger partial charge on any atom is 0.273 e. The molecule has 0 aliphatic heterocycles. The standard InChI is InChI=1S/C16H12N6OS/c1-10-12(9-19-14(20-10)16-18-5-7-24-16)15(23)21-22-6-3-11-8-17-4-2-13(11)22/h2-9H,1H3,(H,21,23). The number of aryl methyl sites for hydroxylation is 1. The van der Waals surface area contributed by atoms with Crippen LogP contribution < -0.4 is 5.43 Å². The molecular weight excluding hydrogens is 324 g/mol. The predicted octanol–water partition coefficient (Wildman–Crippen LogP) is 2.64. The number of carbonyl (C=O) groups excluding carboxylic acids is 1. The van der Waals surface area contributed by atoms with Crippen LogP contribution in [0.3, 0.4) is 0 Å². The minimum absolute atomic E-state index is 0.271. The SMILES string of the molecule is Cc1nc(-c2nccs2)ncc1C(=O)Nn1ccc2cnccc21. The summed E-state index contributed by atoms with van der Waals surface area (Å²) >= 11 is 1.46. The Labute approximate surface area is 141 Å². The lowest BCUT2D eigenvalue weighted by molar-refractivity contribution is 0.101. The fourth-order valence-electron chi connectivity index (χ4n) is 2.38. The highest BCUT2D eigenvalue weighted by molar-refractivity contribution is 7.12. The minimum atomic E-state index is -0.271. The van der Waals surface area contributed by atoms with Gasteiger partial charge in [0.2, 0.25) is 0 Å². The molecule has 7 nitrogen and oxygen atoms in total. The smallest absolute Gasteiger partial charge is 0.267 e. The molecule has 0 spiro atoms. The molecule has 0 saturated heterocycles. The lowest BCUT2D eigenvalue weighted by atomic mass is 10.2. The molecule has 24 heavy (non-hydrogen) atoms. The van der Waals surface area contributed by atoms with Crippen LogP contribution in [0.1, 0.15) is 16.1 Å². The van der Waals surface area contributed by atoms with Crippen LogP contribution in [0, 0.1) is 6.92 Å². The molecule has 0 aromatic carbocycles. The van der Waals surface area contributed by atoms with Crippen molar-refractivity contribution in [3.05, 3.63) is 59.8 Å². The number of nitrogens with one attached hydrogen (secondary N) is 1. The Bertz CT molecular complexity index is 1020. The summed E-state index contributed by atoms with van der Waals surface area (Å²) in [5.41, 5.74) is 4.73. The normalized spacial score (nSPS) is 10.9. The molecule has 4 rings (SSSR count). The van der Waals surface area contributed by atoms with Crippen LogP contribution in [-0.2, 0) is 0 Å². The molecule has 1 N–H and O–H groups in total. The van der Waals surface area contributed by atoms with E-state index in [2.05, 4.69) is 25.4 Å². The number of pyridine rings is 1. The van der Waals surface area contributed by atoms with E-state index < -0.39 is 0 Å². The van der Waals surface area contributed by atoms with Crippen molar-refractivity contribution in [1.29, 1.82) is 0 Å². The molecule has 1 amide bonds. The largest absolute Gasteiger partial charge is 0.273 e. The van der Waals surface area contributed by atoms with Crippen molar-refractivity contribution in [2.75, 3.05) is 5.43 Å². The van der Waals surface area contributed by atoms with E-state index in [-0.39, 0.29) is 5.91 Å².